The minimum atomic E-state index is -1.49. The first kappa shape index (κ1) is 23.9. The van der Waals surface area contributed by atoms with Crippen LogP contribution in [0.1, 0.15) is 19.4 Å². The first-order valence-electron chi connectivity index (χ1n) is 8.83. The molecular weight excluding hydrogens is 384 g/mol. The molecule has 3 amide bonds. The van der Waals surface area contributed by atoms with Crippen LogP contribution in [0.3, 0.4) is 0 Å². The van der Waals surface area contributed by atoms with Gasteiger partial charge in [-0.1, -0.05) is 12.1 Å². The predicted molar refractivity (Wildman–Crippen MR) is 102 cm³/mol. The van der Waals surface area contributed by atoms with E-state index in [0.29, 0.717) is 0 Å². The number of carbonyl (C=O) groups excluding carboxylic acids is 3. The van der Waals surface area contributed by atoms with Gasteiger partial charge in [0.15, 0.2) is 0 Å². The normalized spacial score (nSPS) is 14.8. The zero-order valence-electron chi connectivity index (χ0n) is 16.1. The predicted octanol–water partition coefficient (Wildman–Crippen LogP) is -2.17. The molecule has 11 nitrogen and oxygen atoms in total. The molecule has 0 saturated carbocycles. The number of hydrogen-bond acceptors (Lipinski definition) is 7. The zero-order valence-corrected chi connectivity index (χ0v) is 16.1. The highest BCUT2D eigenvalue weighted by molar-refractivity contribution is 5.93. The Kier molecular flexibility index (Phi) is 9.03. The first-order chi connectivity index (χ1) is 13.5. The van der Waals surface area contributed by atoms with Gasteiger partial charge >= 0.3 is 5.97 Å². The third kappa shape index (κ3) is 7.76. The van der Waals surface area contributed by atoms with E-state index in [1.165, 1.54) is 26.0 Å². The van der Waals surface area contributed by atoms with Gasteiger partial charge in [-0.15, -0.1) is 0 Å². The van der Waals surface area contributed by atoms with Crippen molar-refractivity contribution in [3.63, 3.8) is 0 Å². The van der Waals surface area contributed by atoms with Gasteiger partial charge in [-0.3, -0.25) is 14.4 Å². The van der Waals surface area contributed by atoms with Gasteiger partial charge in [-0.2, -0.15) is 0 Å². The Morgan fingerprint density at radius 2 is 1.41 bits per heavy atom. The van der Waals surface area contributed by atoms with Crippen molar-refractivity contribution in [1.29, 1.82) is 0 Å². The standard InChI is InChI=1S/C18H26N4O7/c1-9(15(25)20-10(2)16(26)22-14(8-23)18(28)29)21-17(27)13(19)7-11-3-5-12(24)6-4-11/h3-6,9-10,13-14,23-24H,7-8,19H2,1-2H3,(H,20,25)(H,21,27)(H,22,26)(H,28,29). The van der Waals surface area contributed by atoms with E-state index in [9.17, 15) is 24.3 Å². The van der Waals surface area contributed by atoms with Crippen LogP contribution in [0, 0.1) is 0 Å². The van der Waals surface area contributed by atoms with E-state index in [1.54, 1.807) is 12.1 Å². The van der Waals surface area contributed by atoms with Crippen LogP contribution < -0.4 is 21.7 Å². The number of rotatable bonds is 10. The Hall–Kier alpha value is -3.18. The summed E-state index contributed by atoms with van der Waals surface area (Å²) >= 11 is 0. The highest BCUT2D eigenvalue weighted by Gasteiger charge is 2.26. The summed E-state index contributed by atoms with van der Waals surface area (Å²) in [6.45, 7) is 1.93. The van der Waals surface area contributed by atoms with Crippen molar-refractivity contribution < 1.29 is 34.5 Å². The number of aliphatic hydroxyl groups excluding tert-OH is 1. The fourth-order valence-corrected chi connectivity index (χ4v) is 2.25. The van der Waals surface area contributed by atoms with Gasteiger partial charge in [0.2, 0.25) is 17.7 Å². The summed E-state index contributed by atoms with van der Waals surface area (Å²) in [5, 5.41) is 33.8. The van der Waals surface area contributed by atoms with Crippen LogP contribution in [0.4, 0.5) is 0 Å². The van der Waals surface area contributed by atoms with Gasteiger partial charge in [-0.25, -0.2) is 4.79 Å². The zero-order chi connectivity index (χ0) is 22.1. The fraction of sp³-hybridized carbons (Fsp3) is 0.444. The van der Waals surface area contributed by atoms with Crippen LogP contribution in [-0.4, -0.2) is 69.8 Å². The lowest BCUT2D eigenvalue weighted by Crippen LogP contribution is -2.56. The van der Waals surface area contributed by atoms with E-state index in [2.05, 4.69) is 16.0 Å². The Morgan fingerprint density at radius 1 is 0.931 bits per heavy atom. The molecule has 1 rings (SSSR count). The number of benzene rings is 1. The molecule has 0 aromatic heterocycles. The summed E-state index contributed by atoms with van der Waals surface area (Å²) in [7, 11) is 0. The Balaban J connectivity index is 2.53. The molecule has 160 valence electrons. The topological polar surface area (TPSA) is 191 Å². The van der Waals surface area contributed by atoms with Crippen LogP contribution in [0.25, 0.3) is 0 Å². The van der Waals surface area contributed by atoms with Crippen molar-refractivity contribution in [2.45, 2.75) is 44.4 Å². The number of phenols is 1. The number of nitrogens with one attached hydrogen (secondary N) is 3. The van der Waals surface area contributed by atoms with Crippen LogP contribution in [0.15, 0.2) is 24.3 Å². The first-order valence-corrected chi connectivity index (χ1v) is 8.83. The molecule has 4 atom stereocenters. The maximum absolute atomic E-state index is 12.2. The molecule has 8 N–H and O–H groups in total. The van der Waals surface area contributed by atoms with Crippen molar-refractivity contribution in [2.24, 2.45) is 5.73 Å². The minimum Gasteiger partial charge on any atom is -0.508 e. The third-order valence-electron chi connectivity index (χ3n) is 4.03. The molecule has 0 saturated heterocycles. The number of carboxylic acid groups (broad SMARTS) is 1. The maximum Gasteiger partial charge on any atom is 0.328 e. The highest BCUT2D eigenvalue weighted by atomic mass is 16.4. The van der Waals surface area contributed by atoms with Gasteiger partial charge < -0.3 is 37.0 Å². The third-order valence-corrected chi connectivity index (χ3v) is 4.03. The SMILES string of the molecule is CC(NC(=O)C(N)Cc1ccc(O)cc1)C(=O)NC(C)C(=O)NC(CO)C(=O)O. The monoisotopic (exact) mass is 410 g/mol. The number of aromatic hydroxyl groups is 1. The van der Waals surface area contributed by atoms with Crippen LogP contribution in [-0.2, 0) is 25.6 Å². The van der Waals surface area contributed by atoms with E-state index >= 15 is 0 Å². The molecule has 0 fully saturated rings. The molecule has 0 aliphatic carbocycles. The second-order valence-corrected chi connectivity index (χ2v) is 6.52. The number of carbonyl (C=O) groups is 4. The second-order valence-electron chi connectivity index (χ2n) is 6.52. The number of hydrogen-bond donors (Lipinski definition) is 7. The lowest BCUT2D eigenvalue weighted by atomic mass is 10.1. The Morgan fingerprint density at radius 3 is 1.90 bits per heavy atom. The molecule has 0 spiro atoms. The van der Waals surface area contributed by atoms with Crippen LogP contribution in [0.2, 0.25) is 0 Å². The molecule has 0 aliphatic rings. The summed E-state index contributed by atoms with van der Waals surface area (Å²) in [5.41, 5.74) is 6.56. The van der Waals surface area contributed by atoms with Gasteiger partial charge in [-0.05, 0) is 38.0 Å². The molecule has 0 bridgehead atoms. The molecule has 0 heterocycles. The van der Waals surface area contributed by atoms with Crippen molar-refractivity contribution in [3.8, 4) is 5.75 Å². The molecule has 0 aliphatic heterocycles. The van der Waals surface area contributed by atoms with Gasteiger partial charge in [0.1, 0.15) is 23.9 Å². The minimum absolute atomic E-state index is 0.0869. The van der Waals surface area contributed by atoms with Crippen molar-refractivity contribution >= 4 is 23.7 Å². The van der Waals surface area contributed by atoms with Gasteiger partial charge in [0, 0.05) is 0 Å². The largest absolute Gasteiger partial charge is 0.508 e. The van der Waals surface area contributed by atoms with Crippen LogP contribution >= 0.6 is 0 Å². The number of aliphatic carboxylic acids is 1. The summed E-state index contributed by atoms with van der Waals surface area (Å²) < 4.78 is 0. The molecule has 11 heteroatoms. The van der Waals surface area contributed by atoms with Gasteiger partial charge in [0.05, 0.1) is 12.6 Å². The van der Waals surface area contributed by atoms with E-state index in [4.69, 9.17) is 15.9 Å². The van der Waals surface area contributed by atoms with Crippen molar-refractivity contribution in [1.82, 2.24) is 16.0 Å². The highest BCUT2D eigenvalue weighted by Crippen LogP contribution is 2.10. The van der Waals surface area contributed by atoms with E-state index < -0.39 is 54.5 Å². The van der Waals surface area contributed by atoms with Crippen LogP contribution in [0.5, 0.6) is 5.75 Å². The number of phenolic OH excluding ortho intramolecular Hbond substituents is 1. The number of carboxylic acids is 1. The number of nitrogens with two attached hydrogens (primary N) is 1. The molecule has 1 aromatic carbocycles. The summed E-state index contributed by atoms with van der Waals surface area (Å²) in [5.74, 6) is -3.38. The van der Waals surface area contributed by atoms with E-state index in [-0.39, 0.29) is 12.2 Å². The fourth-order valence-electron chi connectivity index (χ4n) is 2.25. The second kappa shape index (κ2) is 11.0. The van der Waals surface area contributed by atoms with Crippen molar-refractivity contribution in [2.75, 3.05) is 6.61 Å². The average molecular weight is 410 g/mol. The molecule has 1 aromatic rings. The lowest BCUT2D eigenvalue weighted by Gasteiger charge is -2.21. The number of amides is 3. The summed E-state index contributed by atoms with van der Waals surface area (Å²) in [6.07, 6.45) is 0.191. The number of aliphatic hydroxyl groups is 1. The smallest absolute Gasteiger partial charge is 0.328 e. The molecule has 29 heavy (non-hydrogen) atoms. The quantitative estimate of drug-likeness (QED) is 0.227. The van der Waals surface area contributed by atoms with Crippen molar-refractivity contribution in [3.05, 3.63) is 29.8 Å². The lowest BCUT2D eigenvalue weighted by molar-refractivity contribution is -0.143. The maximum atomic E-state index is 12.2. The van der Waals surface area contributed by atoms with Gasteiger partial charge in [0.25, 0.3) is 0 Å². The summed E-state index contributed by atoms with van der Waals surface area (Å²) in [4.78, 5) is 47.1. The Labute approximate surface area is 167 Å². The Bertz CT molecular complexity index is 738. The van der Waals surface area contributed by atoms with E-state index in [0.717, 1.165) is 5.56 Å². The molecule has 0 radical (unpaired) electrons. The molecule has 4 unspecified atom stereocenters. The molecular formula is C18H26N4O7. The summed E-state index contributed by atoms with van der Waals surface area (Å²) in [6, 6.07) is 1.65. The average Bonchev–Trinajstić information content (AvgIpc) is 2.66. The van der Waals surface area contributed by atoms with E-state index in [1.807, 2.05) is 0 Å².